The maximum Gasteiger partial charge on any atom is 0.187 e. The van der Waals surface area contributed by atoms with Crippen LogP contribution in [0.3, 0.4) is 0 Å². The first-order valence-electron chi connectivity index (χ1n) is 8.55. The monoisotopic (exact) mass is 375 g/mol. The van der Waals surface area contributed by atoms with E-state index in [1.807, 2.05) is 13.8 Å². The molecule has 1 aliphatic rings. The van der Waals surface area contributed by atoms with Crippen molar-refractivity contribution in [2.75, 3.05) is 13.2 Å². The lowest BCUT2D eigenvalue weighted by Crippen LogP contribution is -2.37. The van der Waals surface area contributed by atoms with E-state index in [0.29, 0.717) is 11.7 Å². The topological polar surface area (TPSA) is 63.5 Å². The zero-order valence-electron chi connectivity index (χ0n) is 14.8. The second-order valence-corrected chi connectivity index (χ2v) is 6.60. The third-order valence-corrected chi connectivity index (χ3v) is 4.53. The lowest BCUT2D eigenvalue weighted by Gasteiger charge is -2.11. The summed E-state index contributed by atoms with van der Waals surface area (Å²) in [6, 6.07) is 6.22. The molecule has 0 bridgehead atoms. The second-order valence-electron chi connectivity index (χ2n) is 6.19. The molecule has 138 valence electrons. The van der Waals surface area contributed by atoms with Gasteiger partial charge in [0.25, 0.3) is 0 Å². The quantitative estimate of drug-likeness (QED) is 0.478. The average molecular weight is 375 g/mol. The third kappa shape index (κ3) is 4.44. The smallest absolute Gasteiger partial charge is 0.187 e. The first kappa shape index (κ1) is 18.5. The molecule has 1 atom stereocenters. The fourth-order valence-corrected chi connectivity index (χ4v) is 3.02. The number of thiocarbonyl (C=S) groups is 1. The number of hydrogen-bond donors (Lipinski definition) is 2. The third-order valence-electron chi connectivity index (χ3n) is 4.29. The highest BCUT2D eigenvalue weighted by molar-refractivity contribution is 7.80. The number of aryl methyl sites for hydroxylation is 1. The molecule has 3 rings (SSSR count). The molecule has 6 nitrogen and oxygen atoms in total. The van der Waals surface area contributed by atoms with Crippen molar-refractivity contribution in [1.82, 2.24) is 20.5 Å². The Morgan fingerprint density at radius 3 is 2.88 bits per heavy atom. The number of hydrazone groups is 1. The molecule has 0 amide bonds. The van der Waals surface area contributed by atoms with Gasteiger partial charge in [0.1, 0.15) is 5.82 Å². The number of ether oxygens (including phenoxy) is 1. The highest BCUT2D eigenvalue weighted by Gasteiger charge is 2.15. The second kappa shape index (κ2) is 8.37. The van der Waals surface area contributed by atoms with Crippen molar-refractivity contribution in [2.24, 2.45) is 5.10 Å². The zero-order chi connectivity index (χ0) is 18.5. The Balaban J connectivity index is 1.61. The van der Waals surface area contributed by atoms with E-state index < -0.39 is 0 Å². The normalized spacial score (nSPS) is 17.0. The molecule has 0 aliphatic carbocycles. The predicted octanol–water partition coefficient (Wildman–Crippen LogP) is 2.61. The summed E-state index contributed by atoms with van der Waals surface area (Å²) in [6.07, 6.45) is 4.07. The molecular formula is C18H22FN5OS. The first-order chi connectivity index (χ1) is 12.5. The van der Waals surface area contributed by atoms with E-state index in [1.165, 1.54) is 12.1 Å². The van der Waals surface area contributed by atoms with Gasteiger partial charge in [-0.15, -0.1) is 0 Å². The molecule has 8 heteroatoms. The Morgan fingerprint density at radius 2 is 2.19 bits per heavy atom. The van der Waals surface area contributed by atoms with Gasteiger partial charge < -0.3 is 10.1 Å². The number of nitrogens with one attached hydrogen (secondary N) is 2. The first-order valence-corrected chi connectivity index (χ1v) is 8.96. The molecular weight excluding hydrogens is 353 g/mol. The Labute approximate surface area is 157 Å². The van der Waals surface area contributed by atoms with Gasteiger partial charge in [-0.3, -0.25) is 5.43 Å². The maximum absolute atomic E-state index is 13.1. The number of halogens is 1. The highest BCUT2D eigenvalue weighted by atomic mass is 32.1. The van der Waals surface area contributed by atoms with Gasteiger partial charge in [-0.2, -0.15) is 10.2 Å². The minimum Gasteiger partial charge on any atom is -0.376 e. The molecule has 2 aromatic rings. The Kier molecular flexibility index (Phi) is 5.95. The predicted molar refractivity (Wildman–Crippen MR) is 103 cm³/mol. The molecule has 1 aromatic carbocycles. The molecule has 1 aromatic heterocycles. The van der Waals surface area contributed by atoms with E-state index >= 15 is 0 Å². The van der Waals surface area contributed by atoms with E-state index in [2.05, 4.69) is 20.9 Å². The van der Waals surface area contributed by atoms with Crippen LogP contribution in [0.2, 0.25) is 0 Å². The summed E-state index contributed by atoms with van der Waals surface area (Å²) in [5, 5.41) is 12.3. The Bertz CT molecular complexity index is 797. The van der Waals surface area contributed by atoms with Crippen molar-refractivity contribution in [1.29, 1.82) is 0 Å². The molecule has 0 saturated carbocycles. The summed E-state index contributed by atoms with van der Waals surface area (Å²) in [6.45, 7) is 5.35. The summed E-state index contributed by atoms with van der Waals surface area (Å²) < 4.78 is 20.4. The van der Waals surface area contributed by atoms with Gasteiger partial charge in [0.05, 0.1) is 29.4 Å². The molecule has 0 radical (unpaired) electrons. The molecule has 26 heavy (non-hydrogen) atoms. The minimum atomic E-state index is -0.273. The number of rotatable bonds is 5. The molecule has 2 heterocycles. The zero-order valence-corrected chi connectivity index (χ0v) is 15.6. The van der Waals surface area contributed by atoms with Gasteiger partial charge in [0, 0.05) is 18.7 Å². The summed E-state index contributed by atoms with van der Waals surface area (Å²) in [5.41, 5.74) is 6.25. The molecule has 0 spiro atoms. The van der Waals surface area contributed by atoms with Crippen molar-refractivity contribution in [3.63, 3.8) is 0 Å². The SMILES string of the molecule is Cc1nn(-c2ccc(F)cc2)c(C)c1/C=N\NC(=S)NC[C@@H]1CCCO1. The van der Waals surface area contributed by atoms with Crippen molar-refractivity contribution in [3.8, 4) is 5.69 Å². The molecule has 2 N–H and O–H groups in total. The van der Waals surface area contributed by atoms with Gasteiger partial charge in [-0.25, -0.2) is 9.07 Å². The lowest BCUT2D eigenvalue weighted by atomic mass is 10.2. The molecule has 1 fully saturated rings. The van der Waals surface area contributed by atoms with E-state index in [0.717, 1.165) is 42.1 Å². The van der Waals surface area contributed by atoms with Crippen molar-refractivity contribution in [3.05, 3.63) is 47.0 Å². The van der Waals surface area contributed by atoms with Crippen LogP contribution in [0.1, 0.15) is 29.8 Å². The molecule has 1 saturated heterocycles. The highest BCUT2D eigenvalue weighted by Crippen LogP contribution is 2.16. The Hall–Kier alpha value is -2.32. The van der Waals surface area contributed by atoms with Crippen molar-refractivity contribution in [2.45, 2.75) is 32.8 Å². The van der Waals surface area contributed by atoms with Crippen LogP contribution in [0.5, 0.6) is 0 Å². The van der Waals surface area contributed by atoms with Gasteiger partial charge in [0.2, 0.25) is 0 Å². The number of hydrogen-bond acceptors (Lipinski definition) is 4. The fraction of sp³-hybridized carbons (Fsp3) is 0.389. The largest absolute Gasteiger partial charge is 0.376 e. The summed E-state index contributed by atoms with van der Waals surface area (Å²) >= 11 is 5.22. The van der Waals surface area contributed by atoms with Crippen LogP contribution >= 0.6 is 12.2 Å². The Morgan fingerprint density at radius 1 is 1.42 bits per heavy atom. The van der Waals surface area contributed by atoms with Crippen molar-refractivity contribution < 1.29 is 9.13 Å². The van der Waals surface area contributed by atoms with Gasteiger partial charge in [-0.1, -0.05) is 0 Å². The van der Waals surface area contributed by atoms with Crippen LogP contribution in [0.25, 0.3) is 5.69 Å². The fourth-order valence-electron chi connectivity index (χ4n) is 2.88. The van der Waals surface area contributed by atoms with Crippen LogP contribution in [0.15, 0.2) is 29.4 Å². The van der Waals surface area contributed by atoms with E-state index in [9.17, 15) is 4.39 Å². The average Bonchev–Trinajstić information content (AvgIpc) is 3.24. The van der Waals surface area contributed by atoms with Crippen LogP contribution in [0.4, 0.5) is 4.39 Å². The molecule has 1 aliphatic heterocycles. The van der Waals surface area contributed by atoms with Gasteiger partial charge in [-0.05, 0) is 63.2 Å². The van der Waals surface area contributed by atoms with Gasteiger partial charge in [0.15, 0.2) is 5.11 Å². The maximum atomic E-state index is 13.1. The minimum absolute atomic E-state index is 0.220. The number of aromatic nitrogens is 2. The van der Waals surface area contributed by atoms with Crippen LogP contribution in [-0.2, 0) is 4.74 Å². The molecule has 0 unspecified atom stereocenters. The van der Waals surface area contributed by atoms with Crippen molar-refractivity contribution >= 4 is 23.5 Å². The number of benzene rings is 1. The van der Waals surface area contributed by atoms with Crippen LogP contribution in [-0.4, -0.2) is 40.4 Å². The van der Waals surface area contributed by atoms with E-state index in [4.69, 9.17) is 17.0 Å². The van der Waals surface area contributed by atoms with Crippen LogP contribution < -0.4 is 10.7 Å². The summed E-state index contributed by atoms with van der Waals surface area (Å²) in [7, 11) is 0. The number of nitrogens with zero attached hydrogens (tertiary/aromatic N) is 3. The van der Waals surface area contributed by atoms with E-state index in [-0.39, 0.29) is 11.9 Å². The van der Waals surface area contributed by atoms with Gasteiger partial charge >= 0.3 is 0 Å². The summed E-state index contributed by atoms with van der Waals surface area (Å²) in [4.78, 5) is 0. The van der Waals surface area contributed by atoms with Crippen LogP contribution in [0, 0.1) is 19.7 Å². The standard InChI is InChI=1S/C18H22FN5OS/c1-12-17(11-21-22-18(26)20-10-16-4-3-9-25-16)13(2)24(23-12)15-7-5-14(19)6-8-15/h5-8,11,16H,3-4,9-10H2,1-2H3,(H2,20,22,26)/b21-11-/t16-/m0/s1. The lowest BCUT2D eigenvalue weighted by molar-refractivity contribution is 0.114. The van der Waals surface area contributed by atoms with E-state index in [1.54, 1.807) is 23.0 Å². The summed E-state index contributed by atoms with van der Waals surface area (Å²) in [5.74, 6) is -0.273.